The lowest BCUT2D eigenvalue weighted by Gasteiger charge is -2.32. The first kappa shape index (κ1) is 29.8. The predicted molar refractivity (Wildman–Crippen MR) is 124 cm³/mol. The maximum Gasteiger partial charge on any atom is 0.534 e. The summed E-state index contributed by atoms with van der Waals surface area (Å²) in [6.07, 6.45) is -3.38. The van der Waals surface area contributed by atoms with Gasteiger partial charge in [0.1, 0.15) is 12.2 Å². The maximum atomic E-state index is 13.0. The molecule has 1 aromatic carbocycles. The number of hydrogen-bond acceptors (Lipinski definition) is 10. The summed E-state index contributed by atoms with van der Waals surface area (Å²) in [4.78, 5) is 24.1. The van der Waals surface area contributed by atoms with Gasteiger partial charge in [-0.05, 0) is 56.9 Å². The molecule has 1 heterocycles. The van der Waals surface area contributed by atoms with E-state index in [2.05, 4.69) is 9.50 Å². The molecule has 2 aliphatic rings. The standard InChI is InChI=1S/C23H28F3NO10S/c1-11(21(32)27-20-14(29)4-3-5-15(20)30)8-13-6-7-17(19(9-13)37-38(33,34)23(24,25)26)35-22-16(31)10-18(36-22)12(2)28/h6-9,14-16,18,20,22,29-31H,3-5,10H2,1-2H3,(H,27,32)/b11-8+. The molecular formula is C23H28F3NO10S. The van der Waals surface area contributed by atoms with Gasteiger partial charge in [0.05, 0.1) is 18.2 Å². The van der Waals surface area contributed by atoms with Gasteiger partial charge in [-0.3, -0.25) is 9.59 Å². The van der Waals surface area contributed by atoms with Gasteiger partial charge < -0.3 is 34.3 Å². The van der Waals surface area contributed by atoms with Gasteiger partial charge in [0.15, 0.2) is 17.3 Å². The molecule has 11 nitrogen and oxygen atoms in total. The van der Waals surface area contributed by atoms with E-state index in [0.717, 1.165) is 12.1 Å². The molecule has 1 amide bonds. The van der Waals surface area contributed by atoms with Crippen LogP contribution in [0.3, 0.4) is 0 Å². The number of aliphatic hydroxyl groups excluding tert-OH is 3. The van der Waals surface area contributed by atoms with Crippen molar-refractivity contribution in [2.45, 2.75) is 81.8 Å². The van der Waals surface area contributed by atoms with Gasteiger partial charge in [0, 0.05) is 12.0 Å². The number of amides is 1. The second kappa shape index (κ2) is 11.6. The number of rotatable bonds is 8. The topological polar surface area (TPSA) is 169 Å². The molecule has 3 rings (SSSR count). The number of carbonyl (C=O) groups is 2. The monoisotopic (exact) mass is 567 g/mol. The molecule has 1 saturated carbocycles. The smallest absolute Gasteiger partial charge is 0.458 e. The van der Waals surface area contributed by atoms with Crippen molar-refractivity contribution in [2.75, 3.05) is 0 Å². The van der Waals surface area contributed by atoms with Crippen molar-refractivity contribution in [1.29, 1.82) is 0 Å². The first-order valence-electron chi connectivity index (χ1n) is 11.6. The average molecular weight is 568 g/mol. The third-order valence-corrected chi connectivity index (χ3v) is 7.05. The highest BCUT2D eigenvalue weighted by Crippen LogP contribution is 2.36. The van der Waals surface area contributed by atoms with Crippen LogP contribution in [0.5, 0.6) is 11.5 Å². The van der Waals surface area contributed by atoms with Gasteiger partial charge >= 0.3 is 15.6 Å². The van der Waals surface area contributed by atoms with Crippen molar-refractivity contribution in [3.05, 3.63) is 29.3 Å². The van der Waals surface area contributed by atoms with Crippen LogP contribution in [0.25, 0.3) is 6.08 Å². The molecule has 2 fully saturated rings. The molecule has 0 aromatic heterocycles. The van der Waals surface area contributed by atoms with Gasteiger partial charge in [-0.15, -0.1) is 0 Å². The number of ether oxygens (including phenoxy) is 2. The zero-order valence-electron chi connectivity index (χ0n) is 20.3. The number of hydrogen-bond donors (Lipinski definition) is 4. The van der Waals surface area contributed by atoms with Crippen LogP contribution >= 0.6 is 0 Å². The Kier molecular flexibility index (Phi) is 9.08. The molecule has 1 aliphatic carbocycles. The molecule has 0 spiro atoms. The molecule has 15 heteroatoms. The summed E-state index contributed by atoms with van der Waals surface area (Å²) >= 11 is 0. The summed E-state index contributed by atoms with van der Waals surface area (Å²) in [5.41, 5.74) is -5.71. The highest BCUT2D eigenvalue weighted by molar-refractivity contribution is 7.88. The lowest BCUT2D eigenvalue weighted by atomic mass is 9.89. The number of benzene rings is 1. The van der Waals surface area contributed by atoms with Gasteiger partial charge in [-0.1, -0.05) is 6.07 Å². The minimum absolute atomic E-state index is 0.0205. The molecule has 0 bridgehead atoms. The van der Waals surface area contributed by atoms with Crippen LogP contribution in [-0.2, 0) is 24.4 Å². The SMILES string of the molecule is CC(=O)C1CC(O)C(Oc2ccc(/C=C(\C)C(=O)NC3C(O)CCCC3O)cc2OS(=O)(=O)C(F)(F)F)O1. The first-order chi connectivity index (χ1) is 17.6. The number of alkyl halides is 3. The van der Waals surface area contributed by atoms with Crippen LogP contribution < -0.4 is 14.2 Å². The number of Topliss-reactive ketones (excluding diaryl/α,β-unsaturated/α-hetero) is 1. The molecule has 5 unspecified atom stereocenters. The third kappa shape index (κ3) is 7.02. The van der Waals surface area contributed by atoms with Gasteiger partial charge in [-0.2, -0.15) is 21.6 Å². The fourth-order valence-corrected chi connectivity index (χ4v) is 4.46. The van der Waals surface area contributed by atoms with E-state index in [0.29, 0.717) is 19.3 Å². The lowest BCUT2D eigenvalue weighted by Crippen LogP contribution is -2.53. The highest BCUT2D eigenvalue weighted by atomic mass is 32.2. The van der Waals surface area contributed by atoms with E-state index < -0.39 is 75.6 Å². The van der Waals surface area contributed by atoms with E-state index in [9.17, 15) is 46.5 Å². The molecule has 5 atom stereocenters. The zero-order chi connectivity index (χ0) is 28.4. The Morgan fingerprint density at radius 3 is 2.26 bits per heavy atom. The molecule has 1 saturated heterocycles. The van der Waals surface area contributed by atoms with Crippen molar-refractivity contribution in [3.63, 3.8) is 0 Å². The van der Waals surface area contributed by atoms with Crippen LogP contribution in [0.15, 0.2) is 23.8 Å². The van der Waals surface area contributed by atoms with Gasteiger partial charge in [0.25, 0.3) is 0 Å². The molecule has 4 N–H and O–H groups in total. The Balaban J connectivity index is 1.87. The molecule has 0 radical (unpaired) electrons. The van der Waals surface area contributed by atoms with Crippen molar-refractivity contribution >= 4 is 27.9 Å². The Labute approximate surface area is 216 Å². The van der Waals surface area contributed by atoms with E-state index in [4.69, 9.17) is 9.47 Å². The third-order valence-electron chi connectivity index (χ3n) is 6.08. The summed E-state index contributed by atoms with van der Waals surface area (Å²) in [6.45, 7) is 2.57. The largest absolute Gasteiger partial charge is 0.534 e. The molecule has 1 aliphatic heterocycles. The maximum absolute atomic E-state index is 13.0. The van der Waals surface area contributed by atoms with Gasteiger partial charge in [0.2, 0.25) is 12.2 Å². The van der Waals surface area contributed by atoms with Crippen LogP contribution in [0.1, 0.15) is 45.1 Å². The fourth-order valence-electron chi connectivity index (χ4n) is 4.00. The minimum atomic E-state index is -6.13. The van der Waals surface area contributed by atoms with E-state index in [1.165, 1.54) is 26.0 Å². The second-order valence-corrected chi connectivity index (χ2v) is 10.6. The Morgan fingerprint density at radius 2 is 1.71 bits per heavy atom. The van der Waals surface area contributed by atoms with Crippen LogP contribution in [0, 0.1) is 0 Å². The van der Waals surface area contributed by atoms with Crippen molar-refractivity contribution in [3.8, 4) is 11.5 Å². The molecule has 1 aromatic rings. The van der Waals surface area contributed by atoms with Crippen molar-refractivity contribution in [2.24, 2.45) is 0 Å². The Morgan fingerprint density at radius 1 is 1.08 bits per heavy atom. The zero-order valence-corrected chi connectivity index (χ0v) is 21.2. The molecule has 212 valence electrons. The van der Waals surface area contributed by atoms with E-state index in [1.807, 2.05) is 0 Å². The number of aliphatic hydroxyl groups is 3. The number of ketones is 1. The van der Waals surface area contributed by atoms with E-state index in [1.54, 1.807) is 0 Å². The fraction of sp³-hybridized carbons (Fsp3) is 0.565. The number of carbonyl (C=O) groups excluding carboxylic acids is 2. The summed E-state index contributed by atoms with van der Waals surface area (Å²) < 4.78 is 77.2. The van der Waals surface area contributed by atoms with Crippen LogP contribution in [0.2, 0.25) is 0 Å². The Bertz CT molecular complexity index is 1180. The second-order valence-electron chi connectivity index (χ2n) is 9.11. The number of halogens is 3. The van der Waals surface area contributed by atoms with Crippen LogP contribution in [0.4, 0.5) is 13.2 Å². The summed E-state index contributed by atoms with van der Waals surface area (Å²) in [5, 5.41) is 32.7. The quantitative estimate of drug-likeness (QED) is 0.203. The van der Waals surface area contributed by atoms with E-state index >= 15 is 0 Å². The average Bonchev–Trinajstić information content (AvgIpc) is 3.17. The first-order valence-corrected chi connectivity index (χ1v) is 13.0. The predicted octanol–water partition coefficient (Wildman–Crippen LogP) is 1.15. The summed E-state index contributed by atoms with van der Waals surface area (Å²) in [5.74, 6) is -2.56. The molecular weight excluding hydrogens is 539 g/mol. The van der Waals surface area contributed by atoms with E-state index in [-0.39, 0.29) is 17.6 Å². The van der Waals surface area contributed by atoms with Gasteiger partial charge in [-0.25, -0.2) is 0 Å². The van der Waals surface area contributed by atoms with Crippen LogP contribution in [-0.4, -0.2) is 77.7 Å². The lowest BCUT2D eigenvalue weighted by molar-refractivity contribution is -0.140. The Hall–Kier alpha value is -2.72. The minimum Gasteiger partial charge on any atom is -0.458 e. The van der Waals surface area contributed by atoms with Crippen molar-refractivity contribution in [1.82, 2.24) is 5.32 Å². The highest BCUT2D eigenvalue weighted by Gasteiger charge is 2.49. The van der Waals surface area contributed by atoms with Crippen molar-refractivity contribution < 1.29 is 60.2 Å². The normalized spacial score (nSPS) is 28.6. The number of nitrogens with one attached hydrogen (secondary N) is 1. The summed E-state index contributed by atoms with van der Waals surface area (Å²) in [6, 6.07) is 2.27. The molecule has 38 heavy (non-hydrogen) atoms. The summed E-state index contributed by atoms with van der Waals surface area (Å²) in [7, 11) is -6.13.